The van der Waals surface area contributed by atoms with Gasteiger partial charge in [-0.05, 0) is 42.3 Å². The lowest BCUT2D eigenvalue weighted by atomic mass is 10.1. The summed E-state index contributed by atoms with van der Waals surface area (Å²) in [5.74, 6) is 1.36. The van der Waals surface area contributed by atoms with Crippen LogP contribution in [0.2, 0.25) is 0 Å². The minimum atomic E-state index is -0.139. The molecular weight excluding hydrogens is 290 g/mol. The second-order valence-electron chi connectivity index (χ2n) is 5.33. The van der Waals surface area contributed by atoms with Gasteiger partial charge >= 0.3 is 0 Å². The van der Waals surface area contributed by atoms with Crippen LogP contribution in [-0.2, 0) is 11.2 Å². The summed E-state index contributed by atoms with van der Waals surface area (Å²) in [7, 11) is 1.62. The molecule has 2 aromatic carbocycles. The number of methoxy groups -OCH3 is 1. The molecule has 4 heteroatoms. The van der Waals surface area contributed by atoms with Gasteiger partial charge in [-0.15, -0.1) is 0 Å². The van der Waals surface area contributed by atoms with Crippen molar-refractivity contribution in [1.82, 2.24) is 0 Å². The molecule has 0 radical (unpaired) electrons. The highest BCUT2D eigenvalue weighted by Crippen LogP contribution is 2.30. The molecule has 0 spiro atoms. The first-order chi connectivity index (χ1) is 11.2. The predicted octanol–water partition coefficient (Wildman–Crippen LogP) is 3.67. The van der Waals surface area contributed by atoms with Crippen LogP contribution >= 0.6 is 0 Å². The number of nitrogens with one attached hydrogen (secondary N) is 1. The standard InChI is InChI=1S/C19H19NO3/c1-3-13-6-4-5-7-17(13)20-19(21)15-10-14-11-16(22-2)8-9-18(14)23-12-15/h4-11H,3,12H2,1-2H3,(H,20,21). The Labute approximate surface area is 135 Å². The summed E-state index contributed by atoms with van der Waals surface area (Å²) in [6.07, 6.45) is 2.72. The smallest absolute Gasteiger partial charge is 0.255 e. The SMILES string of the molecule is CCc1ccccc1NC(=O)C1=Cc2cc(OC)ccc2OC1. The van der Waals surface area contributed by atoms with E-state index in [4.69, 9.17) is 9.47 Å². The maximum Gasteiger partial charge on any atom is 0.255 e. The van der Waals surface area contributed by atoms with Crippen LogP contribution in [0.4, 0.5) is 5.69 Å². The van der Waals surface area contributed by atoms with Crippen molar-refractivity contribution >= 4 is 17.7 Å². The van der Waals surface area contributed by atoms with E-state index in [0.29, 0.717) is 5.57 Å². The number of hydrogen-bond donors (Lipinski definition) is 1. The van der Waals surface area contributed by atoms with E-state index < -0.39 is 0 Å². The van der Waals surface area contributed by atoms with Gasteiger partial charge < -0.3 is 14.8 Å². The molecule has 1 heterocycles. The molecule has 0 bridgehead atoms. The van der Waals surface area contributed by atoms with Gasteiger partial charge in [0.1, 0.15) is 18.1 Å². The summed E-state index contributed by atoms with van der Waals surface area (Å²) in [6.45, 7) is 2.33. The molecule has 0 aliphatic carbocycles. The van der Waals surface area contributed by atoms with Gasteiger partial charge in [-0.3, -0.25) is 4.79 Å². The van der Waals surface area contributed by atoms with Gasteiger partial charge in [-0.1, -0.05) is 25.1 Å². The lowest BCUT2D eigenvalue weighted by molar-refractivity contribution is -0.113. The Morgan fingerprint density at radius 1 is 1.26 bits per heavy atom. The first kappa shape index (κ1) is 15.2. The molecule has 0 fully saturated rings. The molecule has 2 aromatic rings. The monoisotopic (exact) mass is 309 g/mol. The van der Waals surface area contributed by atoms with Gasteiger partial charge in [0.25, 0.3) is 5.91 Å². The minimum Gasteiger partial charge on any atom is -0.497 e. The van der Waals surface area contributed by atoms with Gasteiger partial charge in [-0.2, -0.15) is 0 Å². The molecule has 0 aromatic heterocycles. The number of anilines is 1. The van der Waals surface area contributed by atoms with Crippen LogP contribution in [-0.4, -0.2) is 19.6 Å². The van der Waals surface area contributed by atoms with Crippen molar-refractivity contribution in [3.05, 3.63) is 59.2 Å². The number of aryl methyl sites for hydroxylation is 1. The second-order valence-corrected chi connectivity index (χ2v) is 5.33. The molecule has 0 saturated carbocycles. The van der Waals surface area contributed by atoms with E-state index in [0.717, 1.165) is 34.7 Å². The Morgan fingerprint density at radius 3 is 2.87 bits per heavy atom. The molecule has 118 valence electrons. The summed E-state index contributed by atoms with van der Waals surface area (Å²) in [5.41, 5.74) is 3.40. The van der Waals surface area contributed by atoms with Crippen LogP contribution in [0.1, 0.15) is 18.1 Å². The first-order valence-electron chi connectivity index (χ1n) is 7.62. The highest BCUT2D eigenvalue weighted by Gasteiger charge is 2.18. The van der Waals surface area contributed by atoms with Crippen molar-refractivity contribution in [2.24, 2.45) is 0 Å². The van der Waals surface area contributed by atoms with Crippen LogP contribution in [0.15, 0.2) is 48.0 Å². The number of carbonyl (C=O) groups excluding carboxylic acids is 1. The zero-order valence-electron chi connectivity index (χ0n) is 13.3. The summed E-state index contributed by atoms with van der Waals surface area (Å²) in [4.78, 5) is 12.5. The normalized spacial score (nSPS) is 12.7. The maximum absolute atomic E-state index is 12.5. The number of para-hydroxylation sites is 1. The van der Waals surface area contributed by atoms with Gasteiger partial charge in [0.15, 0.2) is 0 Å². The van der Waals surface area contributed by atoms with E-state index in [9.17, 15) is 4.79 Å². The highest BCUT2D eigenvalue weighted by molar-refractivity contribution is 6.07. The number of hydrogen-bond acceptors (Lipinski definition) is 3. The predicted molar refractivity (Wildman–Crippen MR) is 90.9 cm³/mol. The summed E-state index contributed by atoms with van der Waals surface area (Å²) >= 11 is 0. The third kappa shape index (κ3) is 3.21. The van der Waals surface area contributed by atoms with Crippen LogP contribution in [0.3, 0.4) is 0 Å². The number of carbonyl (C=O) groups is 1. The Kier molecular flexibility index (Phi) is 4.33. The van der Waals surface area contributed by atoms with Crippen molar-refractivity contribution in [3.63, 3.8) is 0 Å². The molecule has 4 nitrogen and oxygen atoms in total. The van der Waals surface area contributed by atoms with E-state index >= 15 is 0 Å². The topological polar surface area (TPSA) is 47.6 Å². The Balaban J connectivity index is 1.84. The van der Waals surface area contributed by atoms with Gasteiger partial charge in [0.05, 0.1) is 12.7 Å². The number of rotatable bonds is 4. The summed E-state index contributed by atoms with van der Waals surface area (Å²) in [6, 6.07) is 13.4. The van der Waals surface area contributed by atoms with Gasteiger partial charge in [0.2, 0.25) is 0 Å². The molecule has 1 N–H and O–H groups in total. The van der Waals surface area contributed by atoms with Gasteiger partial charge in [-0.25, -0.2) is 0 Å². The third-order valence-electron chi connectivity index (χ3n) is 3.87. The first-order valence-corrected chi connectivity index (χ1v) is 7.62. The Morgan fingerprint density at radius 2 is 2.09 bits per heavy atom. The maximum atomic E-state index is 12.5. The number of ether oxygens (including phenoxy) is 2. The Bertz CT molecular complexity index is 765. The summed E-state index contributed by atoms with van der Waals surface area (Å²) in [5, 5.41) is 2.97. The van der Waals surface area contributed by atoms with Crippen molar-refractivity contribution in [2.75, 3.05) is 19.0 Å². The van der Waals surface area contributed by atoms with Crippen molar-refractivity contribution in [3.8, 4) is 11.5 Å². The van der Waals surface area contributed by atoms with E-state index in [1.54, 1.807) is 7.11 Å². The number of benzene rings is 2. The highest BCUT2D eigenvalue weighted by atomic mass is 16.5. The molecule has 3 rings (SSSR count). The molecular formula is C19H19NO3. The fourth-order valence-electron chi connectivity index (χ4n) is 2.57. The minimum absolute atomic E-state index is 0.139. The third-order valence-corrected chi connectivity index (χ3v) is 3.87. The largest absolute Gasteiger partial charge is 0.497 e. The fourth-order valence-corrected chi connectivity index (χ4v) is 2.57. The van der Waals surface area contributed by atoms with Crippen LogP contribution in [0.5, 0.6) is 11.5 Å². The second kappa shape index (κ2) is 6.57. The Hall–Kier alpha value is -2.75. The fraction of sp³-hybridized carbons (Fsp3) is 0.211. The molecule has 0 unspecified atom stereocenters. The zero-order chi connectivity index (χ0) is 16.2. The molecule has 23 heavy (non-hydrogen) atoms. The number of amides is 1. The van der Waals surface area contributed by atoms with E-state index in [1.165, 1.54) is 0 Å². The molecule has 1 amide bonds. The summed E-state index contributed by atoms with van der Waals surface area (Å²) < 4.78 is 10.9. The van der Waals surface area contributed by atoms with Crippen LogP contribution in [0.25, 0.3) is 6.08 Å². The lowest BCUT2D eigenvalue weighted by Crippen LogP contribution is -2.21. The van der Waals surface area contributed by atoms with Crippen molar-refractivity contribution < 1.29 is 14.3 Å². The molecule has 0 atom stereocenters. The molecule has 1 aliphatic heterocycles. The molecule has 0 saturated heterocycles. The van der Waals surface area contributed by atoms with E-state index in [2.05, 4.69) is 12.2 Å². The average molecular weight is 309 g/mol. The quantitative estimate of drug-likeness (QED) is 0.937. The van der Waals surface area contributed by atoms with Crippen molar-refractivity contribution in [2.45, 2.75) is 13.3 Å². The van der Waals surface area contributed by atoms with Crippen LogP contribution < -0.4 is 14.8 Å². The van der Waals surface area contributed by atoms with Crippen molar-refractivity contribution in [1.29, 1.82) is 0 Å². The van der Waals surface area contributed by atoms with Crippen LogP contribution in [0, 0.1) is 0 Å². The van der Waals surface area contributed by atoms with Gasteiger partial charge in [0, 0.05) is 11.3 Å². The number of fused-ring (bicyclic) bond motifs is 1. The lowest BCUT2D eigenvalue weighted by Gasteiger charge is -2.19. The average Bonchev–Trinajstić information content (AvgIpc) is 2.61. The zero-order valence-corrected chi connectivity index (χ0v) is 13.3. The molecule has 1 aliphatic rings. The van der Waals surface area contributed by atoms with E-state index in [-0.39, 0.29) is 12.5 Å². The van der Waals surface area contributed by atoms with E-state index in [1.807, 2.05) is 48.5 Å².